The number of rotatable bonds is 5. The summed E-state index contributed by atoms with van der Waals surface area (Å²) in [5, 5.41) is 7.13. The fourth-order valence-corrected chi connectivity index (χ4v) is 8.83. The van der Waals surface area contributed by atoms with Gasteiger partial charge >= 0.3 is 0 Å². The molecule has 0 saturated carbocycles. The van der Waals surface area contributed by atoms with Crippen LogP contribution < -0.4 is 0 Å². The van der Waals surface area contributed by atoms with Gasteiger partial charge in [-0.15, -0.1) is 0 Å². The zero-order valence-electron chi connectivity index (χ0n) is 30.7. The topological polar surface area (TPSA) is 53.5 Å². The van der Waals surface area contributed by atoms with Crippen LogP contribution in [0, 0.1) is 0 Å². The van der Waals surface area contributed by atoms with Gasteiger partial charge in [0.25, 0.3) is 0 Å². The highest BCUT2D eigenvalue weighted by atomic mass is 15.2. The predicted octanol–water partition coefficient (Wildman–Crippen LogP) is 12.5. The molecule has 0 aliphatic heterocycles. The Balaban J connectivity index is 1.16. The number of hydrogen-bond acceptors (Lipinski definition) is 3. The lowest BCUT2D eigenvalue weighted by Crippen LogP contribution is -2.06. The first-order valence-corrected chi connectivity index (χ1v) is 19.2. The Bertz CT molecular complexity index is 3450. The van der Waals surface area contributed by atoms with E-state index in [4.69, 9.17) is 15.0 Å². The zero-order valence-corrected chi connectivity index (χ0v) is 30.7. The summed E-state index contributed by atoms with van der Waals surface area (Å²) in [5.41, 5.74) is 10.8. The van der Waals surface area contributed by atoms with Gasteiger partial charge in [-0.2, -0.15) is 9.97 Å². The molecular formula is C51H32N6. The van der Waals surface area contributed by atoms with E-state index in [1.54, 1.807) is 0 Å². The summed E-state index contributed by atoms with van der Waals surface area (Å²) in [6.07, 6.45) is 0. The molecule has 0 spiro atoms. The minimum atomic E-state index is 0.576. The van der Waals surface area contributed by atoms with Gasteiger partial charge in [0.2, 0.25) is 5.95 Å². The van der Waals surface area contributed by atoms with Crippen molar-refractivity contribution < 1.29 is 0 Å². The monoisotopic (exact) mass is 728 g/mol. The van der Waals surface area contributed by atoms with Crippen LogP contribution in [0.2, 0.25) is 0 Å². The molecule has 4 heterocycles. The van der Waals surface area contributed by atoms with E-state index in [1.807, 2.05) is 60.7 Å². The molecule has 8 aromatic carbocycles. The number of para-hydroxylation sites is 4. The number of aromatic nitrogens is 6. The SMILES string of the molecule is c1ccc(-c2nc(-c3ccccc3)nc(-n3c4ccccc4c4cc(-n5c6ccccc6c6ccc7c8ccccc8n(-c8ccccc8)c7c65)ccc43)n2)cc1. The summed E-state index contributed by atoms with van der Waals surface area (Å²) in [5.74, 6) is 1.84. The van der Waals surface area contributed by atoms with Crippen LogP contribution in [-0.2, 0) is 0 Å². The van der Waals surface area contributed by atoms with E-state index in [9.17, 15) is 0 Å². The first-order valence-electron chi connectivity index (χ1n) is 19.2. The molecule has 0 radical (unpaired) electrons. The summed E-state index contributed by atoms with van der Waals surface area (Å²) >= 11 is 0. The average Bonchev–Trinajstić information content (AvgIpc) is 3.93. The third kappa shape index (κ3) is 4.74. The van der Waals surface area contributed by atoms with Gasteiger partial charge in [0.05, 0.1) is 33.1 Å². The first kappa shape index (κ1) is 31.5. The smallest absolute Gasteiger partial charge is 0.238 e. The fraction of sp³-hybridized carbons (Fsp3) is 0. The van der Waals surface area contributed by atoms with Crippen LogP contribution in [0.25, 0.3) is 106 Å². The van der Waals surface area contributed by atoms with Crippen molar-refractivity contribution in [3.05, 3.63) is 194 Å². The molecule has 4 aromatic heterocycles. The number of hydrogen-bond donors (Lipinski definition) is 0. The molecule has 0 atom stereocenters. The maximum Gasteiger partial charge on any atom is 0.238 e. The van der Waals surface area contributed by atoms with Crippen LogP contribution in [0.15, 0.2) is 194 Å². The minimum absolute atomic E-state index is 0.576. The molecule has 57 heavy (non-hydrogen) atoms. The minimum Gasteiger partial charge on any atom is -0.307 e. The van der Waals surface area contributed by atoms with Crippen molar-refractivity contribution in [2.75, 3.05) is 0 Å². The lowest BCUT2D eigenvalue weighted by Gasteiger charge is -2.13. The van der Waals surface area contributed by atoms with Crippen molar-refractivity contribution in [2.24, 2.45) is 0 Å². The Labute approximate surface area is 327 Å². The number of fused-ring (bicyclic) bond motifs is 10. The molecule has 0 fully saturated rings. The van der Waals surface area contributed by atoms with Gasteiger partial charge in [0, 0.05) is 54.8 Å². The summed E-state index contributed by atoms with van der Waals surface area (Å²) < 4.78 is 7.08. The molecule has 12 rings (SSSR count). The molecule has 0 aliphatic carbocycles. The van der Waals surface area contributed by atoms with E-state index in [0.717, 1.165) is 49.8 Å². The average molecular weight is 729 g/mol. The third-order valence-corrected chi connectivity index (χ3v) is 11.3. The zero-order chi connectivity index (χ0) is 37.5. The van der Waals surface area contributed by atoms with Crippen LogP contribution in [0.3, 0.4) is 0 Å². The van der Waals surface area contributed by atoms with Crippen LogP contribution >= 0.6 is 0 Å². The van der Waals surface area contributed by atoms with Crippen LogP contribution in [0.1, 0.15) is 0 Å². The standard InChI is InChI=1S/C51H32N6/c1-4-16-33(17-5-1)49-52-50(34-18-6-2-7-19-34)54-51(53-49)57-45-27-15-12-24-39(45)42-32-36(28-31-46(42)57)56-44-26-14-11-23-38(44)41-30-29-40-37-22-10-13-25-43(37)55(47(40)48(41)56)35-20-8-3-9-21-35/h1-32H. The summed E-state index contributed by atoms with van der Waals surface area (Å²) in [7, 11) is 0. The summed E-state index contributed by atoms with van der Waals surface area (Å²) in [6.45, 7) is 0. The van der Waals surface area contributed by atoms with Crippen molar-refractivity contribution in [1.29, 1.82) is 0 Å². The van der Waals surface area contributed by atoms with Gasteiger partial charge in [-0.25, -0.2) is 4.98 Å². The fourth-order valence-electron chi connectivity index (χ4n) is 8.83. The van der Waals surface area contributed by atoms with Crippen molar-refractivity contribution in [3.63, 3.8) is 0 Å². The van der Waals surface area contributed by atoms with E-state index in [-0.39, 0.29) is 0 Å². The van der Waals surface area contributed by atoms with Crippen molar-refractivity contribution >= 4 is 65.4 Å². The first-order chi connectivity index (χ1) is 28.3. The van der Waals surface area contributed by atoms with Gasteiger partial charge in [0.1, 0.15) is 0 Å². The lowest BCUT2D eigenvalue weighted by molar-refractivity contribution is 0.953. The number of benzene rings is 8. The maximum absolute atomic E-state index is 5.15. The molecule has 0 aliphatic rings. The maximum atomic E-state index is 5.15. The van der Waals surface area contributed by atoms with Crippen LogP contribution in [0.5, 0.6) is 0 Å². The molecular weight excluding hydrogens is 697 g/mol. The number of nitrogens with zero attached hydrogens (tertiary/aromatic N) is 6. The molecule has 6 nitrogen and oxygen atoms in total. The van der Waals surface area contributed by atoms with Crippen LogP contribution in [-0.4, -0.2) is 28.7 Å². The van der Waals surface area contributed by atoms with Crippen molar-refractivity contribution in [3.8, 4) is 40.1 Å². The Morgan fingerprint density at radius 3 is 1.25 bits per heavy atom. The summed E-state index contributed by atoms with van der Waals surface area (Å²) in [4.78, 5) is 15.3. The van der Waals surface area contributed by atoms with Gasteiger partial charge < -0.3 is 9.13 Å². The largest absolute Gasteiger partial charge is 0.307 e. The molecule has 0 amide bonds. The van der Waals surface area contributed by atoms with Gasteiger partial charge in [-0.3, -0.25) is 4.57 Å². The highest BCUT2D eigenvalue weighted by Crippen LogP contribution is 2.42. The molecule has 12 aromatic rings. The highest BCUT2D eigenvalue weighted by molar-refractivity contribution is 6.24. The Hall–Kier alpha value is -7.83. The lowest BCUT2D eigenvalue weighted by atomic mass is 10.1. The normalized spacial score (nSPS) is 11.9. The molecule has 0 unspecified atom stereocenters. The third-order valence-electron chi connectivity index (χ3n) is 11.3. The van der Waals surface area contributed by atoms with Gasteiger partial charge in [0.15, 0.2) is 11.6 Å². The second kappa shape index (κ2) is 12.3. The molecule has 266 valence electrons. The van der Waals surface area contributed by atoms with E-state index >= 15 is 0 Å². The second-order valence-corrected chi connectivity index (χ2v) is 14.5. The van der Waals surface area contributed by atoms with Crippen molar-refractivity contribution in [2.45, 2.75) is 0 Å². The predicted molar refractivity (Wildman–Crippen MR) is 234 cm³/mol. The van der Waals surface area contributed by atoms with Gasteiger partial charge in [-0.1, -0.05) is 146 Å². The van der Waals surface area contributed by atoms with E-state index in [2.05, 4.69) is 147 Å². The van der Waals surface area contributed by atoms with E-state index in [0.29, 0.717) is 17.6 Å². The molecule has 6 heteroatoms. The molecule has 0 saturated heterocycles. The van der Waals surface area contributed by atoms with E-state index in [1.165, 1.54) is 38.1 Å². The Morgan fingerprint density at radius 1 is 0.281 bits per heavy atom. The Morgan fingerprint density at radius 2 is 0.702 bits per heavy atom. The Kier molecular flexibility index (Phi) is 6.83. The second-order valence-electron chi connectivity index (χ2n) is 14.5. The highest BCUT2D eigenvalue weighted by Gasteiger charge is 2.23. The van der Waals surface area contributed by atoms with E-state index < -0.39 is 0 Å². The molecule has 0 bridgehead atoms. The van der Waals surface area contributed by atoms with Crippen molar-refractivity contribution in [1.82, 2.24) is 28.7 Å². The van der Waals surface area contributed by atoms with Gasteiger partial charge in [-0.05, 0) is 48.5 Å². The summed E-state index contributed by atoms with van der Waals surface area (Å²) in [6, 6.07) is 68.5. The van der Waals surface area contributed by atoms with Crippen LogP contribution in [0.4, 0.5) is 0 Å². The molecule has 0 N–H and O–H groups in total. The quantitative estimate of drug-likeness (QED) is 0.177.